The zero-order valence-corrected chi connectivity index (χ0v) is 17.8. The fourth-order valence-electron chi connectivity index (χ4n) is 3.45. The molecule has 0 fully saturated rings. The van der Waals surface area contributed by atoms with E-state index in [1.165, 1.54) is 29.8 Å². The Labute approximate surface area is 175 Å². The minimum Gasteiger partial charge on any atom is -0.497 e. The van der Waals surface area contributed by atoms with Crippen molar-refractivity contribution < 1.29 is 19.1 Å². The van der Waals surface area contributed by atoms with Gasteiger partial charge in [0.05, 0.1) is 24.8 Å². The first-order chi connectivity index (χ1) is 13.5. The summed E-state index contributed by atoms with van der Waals surface area (Å²) in [6.07, 6.45) is 3.87. The van der Waals surface area contributed by atoms with E-state index in [0.717, 1.165) is 46.2 Å². The van der Waals surface area contributed by atoms with Crippen LogP contribution in [0.4, 0.5) is 5.00 Å². The Morgan fingerprint density at radius 1 is 1.14 bits per heavy atom. The predicted molar refractivity (Wildman–Crippen MR) is 114 cm³/mol. The molecule has 1 aromatic carbocycles. The van der Waals surface area contributed by atoms with Gasteiger partial charge in [0, 0.05) is 15.0 Å². The van der Waals surface area contributed by atoms with Crippen LogP contribution in [-0.4, -0.2) is 26.1 Å². The molecular formula is C20H18ClNO4S2. The number of hydrogen-bond acceptors (Lipinski definition) is 6. The molecule has 3 aromatic rings. The zero-order chi connectivity index (χ0) is 19.8. The fraction of sp³-hybridized carbons (Fsp3) is 0.300. The van der Waals surface area contributed by atoms with Crippen LogP contribution in [0.3, 0.4) is 0 Å². The molecule has 0 radical (unpaired) electrons. The van der Waals surface area contributed by atoms with Gasteiger partial charge in [0.25, 0.3) is 5.91 Å². The number of nitrogens with one attached hydrogen (secondary N) is 1. The number of carbonyl (C=O) groups excluding carboxylic acids is 2. The number of aryl methyl sites for hydroxylation is 1. The molecule has 1 aliphatic carbocycles. The normalized spacial score (nSPS) is 13.2. The number of amides is 1. The van der Waals surface area contributed by atoms with Gasteiger partial charge in [-0.25, -0.2) is 4.79 Å². The molecule has 1 amide bonds. The molecule has 0 saturated carbocycles. The molecule has 0 bridgehead atoms. The Morgan fingerprint density at radius 3 is 2.68 bits per heavy atom. The molecule has 146 valence electrons. The molecule has 1 N–H and O–H groups in total. The molecule has 4 rings (SSSR count). The lowest BCUT2D eigenvalue weighted by molar-refractivity contribution is 0.0601. The van der Waals surface area contributed by atoms with Crippen LogP contribution in [0.15, 0.2) is 18.2 Å². The third-order valence-electron chi connectivity index (χ3n) is 4.83. The summed E-state index contributed by atoms with van der Waals surface area (Å²) in [5, 5.41) is 4.65. The maximum Gasteiger partial charge on any atom is 0.341 e. The number of fused-ring (bicyclic) bond motifs is 2. The third kappa shape index (κ3) is 3.27. The molecular weight excluding hydrogens is 418 g/mol. The lowest BCUT2D eigenvalue weighted by Gasteiger charge is -2.11. The molecule has 28 heavy (non-hydrogen) atoms. The van der Waals surface area contributed by atoms with Gasteiger partial charge in [-0.15, -0.1) is 22.7 Å². The summed E-state index contributed by atoms with van der Waals surface area (Å²) < 4.78 is 11.1. The molecule has 0 saturated heterocycles. The SMILES string of the molecule is COC(=O)c1c(NC(=O)c2sc3cc(OC)ccc3c2Cl)sc2c1CCCC2. The van der Waals surface area contributed by atoms with E-state index >= 15 is 0 Å². The molecule has 2 heterocycles. The molecule has 0 aliphatic heterocycles. The van der Waals surface area contributed by atoms with Gasteiger partial charge in [-0.2, -0.15) is 0 Å². The first-order valence-corrected chi connectivity index (χ1v) is 10.8. The van der Waals surface area contributed by atoms with Gasteiger partial charge in [-0.05, 0) is 49.4 Å². The monoisotopic (exact) mass is 435 g/mol. The van der Waals surface area contributed by atoms with E-state index in [1.54, 1.807) is 7.11 Å². The number of hydrogen-bond donors (Lipinski definition) is 1. The lowest BCUT2D eigenvalue weighted by Crippen LogP contribution is -2.14. The molecule has 0 atom stereocenters. The Bertz CT molecular complexity index is 1090. The van der Waals surface area contributed by atoms with Crippen molar-refractivity contribution >= 4 is 61.2 Å². The summed E-state index contributed by atoms with van der Waals surface area (Å²) >= 11 is 9.22. The van der Waals surface area contributed by atoms with Gasteiger partial charge in [0.2, 0.25) is 0 Å². The van der Waals surface area contributed by atoms with Crippen LogP contribution >= 0.6 is 34.3 Å². The van der Waals surface area contributed by atoms with Crippen molar-refractivity contribution in [3.8, 4) is 5.75 Å². The largest absolute Gasteiger partial charge is 0.497 e. The topological polar surface area (TPSA) is 64.6 Å². The average Bonchev–Trinajstić information content (AvgIpc) is 3.24. The van der Waals surface area contributed by atoms with Crippen LogP contribution in [-0.2, 0) is 17.6 Å². The van der Waals surface area contributed by atoms with E-state index in [9.17, 15) is 9.59 Å². The summed E-state index contributed by atoms with van der Waals surface area (Å²) in [4.78, 5) is 26.9. The van der Waals surface area contributed by atoms with Crippen LogP contribution in [0.2, 0.25) is 5.02 Å². The van der Waals surface area contributed by atoms with E-state index < -0.39 is 5.97 Å². The Kier molecular flexibility index (Phi) is 5.31. The van der Waals surface area contributed by atoms with Crippen LogP contribution in [0.25, 0.3) is 10.1 Å². The molecule has 2 aromatic heterocycles. The summed E-state index contributed by atoms with van der Waals surface area (Å²) in [6, 6.07) is 5.51. The summed E-state index contributed by atoms with van der Waals surface area (Å²) in [6.45, 7) is 0. The van der Waals surface area contributed by atoms with Gasteiger partial charge in [0.1, 0.15) is 15.6 Å². The van der Waals surface area contributed by atoms with Crippen molar-refractivity contribution in [3.05, 3.63) is 44.1 Å². The van der Waals surface area contributed by atoms with Crippen molar-refractivity contribution in [3.63, 3.8) is 0 Å². The van der Waals surface area contributed by atoms with E-state index in [1.807, 2.05) is 18.2 Å². The lowest BCUT2D eigenvalue weighted by atomic mass is 9.95. The first kappa shape index (κ1) is 19.2. The molecule has 1 aliphatic rings. The predicted octanol–water partition coefficient (Wildman–Crippen LogP) is 5.54. The standard InChI is InChI=1S/C20H18ClNO4S2/c1-25-10-7-8-12-14(9-10)27-17(16(12)21)18(23)22-19-15(20(24)26-2)11-5-3-4-6-13(11)28-19/h7-9H,3-6H2,1-2H3,(H,22,23). The highest BCUT2D eigenvalue weighted by Gasteiger charge is 2.28. The van der Waals surface area contributed by atoms with Gasteiger partial charge >= 0.3 is 5.97 Å². The Balaban J connectivity index is 1.71. The van der Waals surface area contributed by atoms with Crippen molar-refractivity contribution in [2.75, 3.05) is 19.5 Å². The number of benzene rings is 1. The fourth-order valence-corrected chi connectivity index (χ4v) is 6.16. The Hall–Kier alpha value is -2.09. The molecule has 5 nitrogen and oxygen atoms in total. The number of thiophene rings is 2. The van der Waals surface area contributed by atoms with Crippen LogP contribution in [0.1, 0.15) is 43.3 Å². The minimum absolute atomic E-state index is 0.325. The average molecular weight is 436 g/mol. The highest BCUT2D eigenvalue weighted by Crippen LogP contribution is 2.41. The quantitative estimate of drug-likeness (QED) is 0.546. The highest BCUT2D eigenvalue weighted by molar-refractivity contribution is 7.22. The van der Waals surface area contributed by atoms with Crippen LogP contribution < -0.4 is 10.1 Å². The van der Waals surface area contributed by atoms with Crippen LogP contribution in [0.5, 0.6) is 5.75 Å². The van der Waals surface area contributed by atoms with Gasteiger partial charge < -0.3 is 14.8 Å². The van der Waals surface area contributed by atoms with E-state index in [2.05, 4.69) is 5.32 Å². The van der Waals surface area contributed by atoms with Gasteiger partial charge in [0.15, 0.2) is 0 Å². The first-order valence-electron chi connectivity index (χ1n) is 8.83. The van der Waals surface area contributed by atoms with Gasteiger partial charge in [-0.3, -0.25) is 4.79 Å². The second-order valence-corrected chi connectivity index (χ2v) is 9.00. The van der Waals surface area contributed by atoms with Crippen molar-refractivity contribution in [2.45, 2.75) is 25.7 Å². The van der Waals surface area contributed by atoms with Crippen molar-refractivity contribution in [1.29, 1.82) is 0 Å². The van der Waals surface area contributed by atoms with E-state index in [4.69, 9.17) is 21.1 Å². The van der Waals surface area contributed by atoms with Crippen LogP contribution in [0, 0.1) is 0 Å². The molecule has 0 unspecified atom stereocenters. The van der Waals surface area contributed by atoms with E-state index in [0.29, 0.717) is 26.2 Å². The summed E-state index contributed by atoms with van der Waals surface area (Å²) in [5.74, 6) is -0.0351. The number of halogens is 1. The maximum absolute atomic E-state index is 13.0. The maximum atomic E-state index is 13.0. The summed E-state index contributed by atoms with van der Waals surface area (Å²) in [7, 11) is 2.95. The smallest absolute Gasteiger partial charge is 0.341 e. The van der Waals surface area contributed by atoms with Crippen molar-refractivity contribution in [1.82, 2.24) is 0 Å². The Morgan fingerprint density at radius 2 is 1.93 bits per heavy atom. The van der Waals surface area contributed by atoms with Crippen molar-refractivity contribution in [2.24, 2.45) is 0 Å². The number of esters is 1. The second-order valence-electron chi connectivity index (χ2n) is 6.47. The zero-order valence-electron chi connectivity index (χ0n) is 15.4. The number of anilines is 1. The van der Waals surface area contributed by atoms with E-state index in [-0.39, 0.29) is 5.91 Å². The third-order valence-corrected chi connectivity index (χ3v) is 7.69. The molecule has 8 heteroatoms. The molecule has 0 spiro atoms. The number of rotatable bonds is 4. The highest BCUT2D eigenvalue weighted by atomic mass is 35.5. The number of carbonyl (C=O) groups is 2. The van der Waals surface area contributed by atoms with Gasteiger partial charge in [-0.1, -0.05) is 11.6 Å². The number of methoxy groups -OCH3 is 2. The second kappa shape index (κ2) is 7.73. The summed E-state index contributed by atoms with van der Waals surface area (Å²) in [5.41, 5.74) is 1.49. The minimum atomic E-state index is -0.415. The number of ether oxygens (including phenoxy) is 2.